The SMILES string of the molecule is Cl.N[C@@H](Cc1cccc2ccccc12)C(=O)Nc1cncc(C=Cc2ccncc2)c1. The highest BCUT2D eigenvalue weighted by Crippen LogP contribution is 2.20. The molecule has 0 unspecified atom stereocenters. The lowest BCUT2D eigenvalue weighted by Gasteiger charge is -2.14. The molecule has 0 aliphatic rings. The molecule has 2 aromatic heterocycles. The summed E-state index contributed by atoms with van der Waals surface area (Å²) in [5.41, 5.74) is 9.80. The van der Waals surface area contributed by atoms with Crippen molar-refractivity contribution in [3.63, 3.8) is 0 Å². The number of hydrogen-bond acceptors (Lipinski definition) is 4. The van der Waals surface area contributed by atoms with E-state index in [9.17, 15) is 4.79 Å². The van der Waals surface area contributed by atoms with Crippen molar-refractivity contribution in [2.75, 3.05) is 5.32 Å². The average molecular weight is 431 g/mol. The molecule has 1 amide bonds. The third-order valence-corrected chi connectivity index (χ3v) is 4.86. The number of rotatable bonds is 6. The highest BCUT2D eigenvalue weighted by atomic mass is 35.5. The fourth-order valence-electron chi connectivity index (χ4n) is 3.32. The number of fused-ring (bicyclic) bond motifs is 1. The summed E-state index contributed by atoms with van der Waals surface area (Å²) >= 11 is 0. The predicted octanol–water partition coefficient (Wildman–Crippen LogP) is 4.73. The lowest BCUT2D eigenvalue weighted by Crippen LogP contribution is -2.37. The maximum atomic E-state index is 12.7. The van der Waals surface area contributed by atoms with Crippen molar-refractivity contribution >= 4 is 46.9 Å². The van der Waals surface area contributed by atoms with E-state index >= 15 is 0 Å². The van der Waals surface area contributed by atoms with Crippen LogP contribution in [-0.4, -0.2) is 21.9 Å². The van der Waals surface area contributed by atoms with Crippen molar-refractivity contribution < 1.29 is 4.79 Å². The Morgan fingerprint density at radius 1 is 0.935 bits per heavy atom. The van der Waals surface area contributed by atoms with Gasteiger partial charge in [-0.1, -0.05) is 54.6 Å². The normalized spacial score (nSPS) is 11.8. The van der Waals surface area contributed by atoms with Crippen molar-refractivity contribution in [2.24, 2.45) is 5.73 Å². The molecule has 1 atom stereocenters. The molecule has 2 aromatic carbocycles. The zero-order valence-corrected chi connectivity index (χ0v) is 17.6. The molecule has 0 spiro atoms. The minimum atomic E-state index is -0.660. The molecular formula is C25H23ClN4O. The van der Waals surface area contributed by atoms with Gasteiger partial charge in [0.1, 0.15) is 0 Å². The lowest BCUT2D eigenvalue weighted by atomic mass is 9.99. The van der Waals surface area contributed by atoms with Crippen LogP contribution < -0.4 is 11.1 Å². The Morgan fingerprint density at radius 2 is 1.68 bits per heavy atom. The first-order valence-electron chi connectivity index (χ1n) is 9.75. The maximum absolute atomic E-state index is 12.7. The van der Waals surface area contributed by atoms with Crippen LogP contribution in [0.5, 0.6) is 0 Å². The summed E-state index contributed by atoms with van der Waals surface area (Å²) < 4.78 is 0. The van der Waals surface area contributed by atoms with Crippen LogP contribution in [0.15, 0.2) is 85.5 Å². The minimum Gasteiger partial charge on any atom is -0.323 e. The molecule has 0 saturated carbocycles. The number of aromatic nitrogens is 2. The summed E-state index contributed by atoms with van der Waals surface area (Å²) in [6.07, 6.45) is 11.2. The molecule has 0 aliphatic heterocycles. The standard InChI is InChI=1S/C25H22N4O.ClH/c26-24(15-21-6-3-5-20-4-1-2-7-23(20)21)25(30)29-22-14-19(16-28-17-22)9-8-18-10-12-27-13-11-18;/h1-14,16-17,24H,15,26H2,(H,29,30);1H/t24-;/m0./s1. The fraction of sp³-hybridized carbons (Fsp3) is 0.0800. The van der Waals surface area contributed by atoms with E-state index in [1.165, 1.54) is 0 Å². The van der Waals surface area contributed by atoms with Crippen LogP contribution in [0, 0.1) is 0 Å². The molecule has 4 rings (SSSR count). The topological polar surface area (TPSA) is 80.9 Å². The Bertz CT molecular complexity index is 1190. The number of carbonyl (C=O) groups is 1. The van der Waals surface area contributed by atoms with Crippen LogP contribution in [0.25, 0.3) is 22.9 Å². The van der Waals surface area contributed by atoms with Crippen LogP contribution in [-0.2, 0) is 11.2 Å². The smallest absolute Gasteiger partial charge is 0.241 e. The second kappa shape index (κ2) is 10.5. The third kappa shape index (κ3) is 5.75. The Kier molecular flexibility index (Phi) is 7.49. The fourth-order valence-corrected chi connectivity index (χ4v) is 3.32. The van der Waals surface area contributed by atoms with Crippen molar-refractivity contribution in [2.45, 2.75) is 12.5 Å². The van der Waals surface area contributed by atoms with Gasteiger partial charge in [0.05, 0.1) is 17.9 Å². The molecule has 0 saturated heterocycles. The molecule has 0 fully saturated rings. The molecule has 156 valence electrons. The number of nitrogens with one attached hydrogen (secondary N) is 1. The zero-order chi connectivity index (χ0) is 20.8. The van der Waals surface area contributed by atoms with E-state index < -0.39 is 6.04 Å². The Hall–Kier alpha value is -3.54. The lowest BCUT2D eigenvalue weighted by molar-refractivity contribution is -0.117. The van der Waals surface area contributed by atoms with Crippen molar-refractivity contribution in [1.82, 2.24) is 9.97 Å². The highest BCUT2D eigenvalue weighted by Gasteiger charge is 2.16. The summed E-state index contributed by atoms with van der Waals surface area (Å²) in [6, 6.07) is 19.2. The molecule has 3 N–H and O–H groups in total. The van der Waals surface area contributed by atoms with E-state index in [1.54, 1.807) is 24.8 Å². The predicted molar refractivity (Wildman–Crippen MR) is 129 cm³/mol. The molecule has 0 aliphatic carbocycles. The zero-order valence-electron chi connectivity index (χ0n) is 16.8. The number of nitrogens with zero attached hydrogens (tertiary/aromatic N) is 2. The molecule has 0 radical (unpaired) electrons. The number of benzene rings is 2. The molecule has 31 heavy (non-hydrogen) atoms. The number of halogens is 1. The number of nitrogens with two attached hydrogens (primary N) is 1. The van der Waals surface area contributed by atoms with Crippen molar-refractivity contribution in [1.29, 1.82) is 0 Å². The summed E-state index contributed by atoms with van der Waals surface area (Å²) in [4.78, 5) is 20.9. The van der Waals surface area contributed by atoms with Gasteiger partial charge in [0, 0.05) is 18.6 Å². The van der Waals surface area contributed by atoms with Gasteiger partial charge in [0.15, 0.2) is 0 Å². The maximum Gasteiger partial charge on any atom is 0.241 e. The highest BCUT2D eigenvalue weighted by molar-refractivity contribution is 5.95. The van der Waals surface area contributed by atoms with Crippen LogP contribution in [0.4, 0.5) is 5.69 Å². The van der Waals surface area contributed by atoms with Gasteiger partial charge >= 0.3 is 0 Å². The summed E-state index contributed by atoms with van der Waals surface area (Å²) in [6.45, 7) is 0. The Balaban J connectivity index is 0.00000272. The first-order chi connectivity index (χ1) is 14.7. The van der Waals surface area contributed by atoms with Gasteiger partial charge in [-0.3, -0.25) is 14.8 Å². The first-order valence-corrected chi connectivity index (χ1v) is 9.75. The van der Waals surface area contributed by atoms with Gasteiger partial charge < -0.3 is 11.1 Å². The van der Waals surface area contributed by atoms with Crippen LogP contribution in [0.3, 0.4) is 0 Å². The van der Waals surface area contributed by atoms with E-state index in [4.69, 9.17) is 5.73 Å². The Labute approximate surface area is 187 Å². The average Bonchev–Trinajstić information content (AvgIpc) is 2.79. The number of pyridine rings is 2. The molecular weight excluding hydrogens is 408 g/mol. The van der Waals surface area contributed by atoms with Crippen LogP contribution in [0.2, 0.25) is 0 Å². The van der Waals surface area contributed by atoms with Crippen molar-refractivity contribution in [3.8, 4) is 0 Å². The van der Waals surface area contributed by atoms with Gasteiger partial charge in [-0.05, 0) is 52.1 Å². The quantitative estimate of drug-likeness (QED) is 0.463. The summed E-state index contributed by atoms with van der Waals surface area (Å²) in [7, 11) is 0. The van der Waals surface area contributed by atoms with Gasteiger partial charge in [0.2, 0.25) is 5.91 Å². The number of amides is 1. The molecule has 0 bridgehead atoms. The monoisotopic (exact) mass is 430 g/mol. The van der Waals surface area contributed by atoms with Crippen LogP contribution >= 0.6 is 12.4 Å². The van der Waals surface area contributed by atoms with Gasteiger partial charge in [-0.2, -0.15) is 0 Å². The molecule has 6 heteroatoms. The second-order valence-corrected chi connectivity index (χ2v) is 7.06. The Morgan fingerprint density at radius 3 is 2.52 bits per heavy atom. The summed E-state index contributed by atoms with van der Waals surface area (Å²) in [5.74, 6) is -0.236. The summed E-state index contributed by atoms with van der Waals surface area (Å²) in [5, 5.41) is 5.14. The number of anilines is 1. The number of hydrogen-bond donors (Lipinski definition) is 2. The molecule has 5 nitrogen and oxygen atoms in total. The van der Waals surface area contributed by atoms with E-state index in [1.807, 2.05) is 54.6 Å². The van der Waals surface area contributed by atoms with E-state index in [0.29, 0.717) is 12.1 Å². The van der Waals surface area contributed by atoms with Crippen molar-refractivity contribution in [3.05, 3.63) is 102 Å². The van der Waals surface area contributed by atoms with Gasteiger partial charge in [0.25, 0.3) is 0 Å². The second-order valence-electron chi connectivity index (χ2n) is 7.06. The minimum absolute atomic E-state index is 0. The van der Waals surface area contributed by atoms with E-state index in [-0.39, 0.29) is 18.3 Å². The number of carbonyl (C=O) groups excluding carboxylic acids is 1. The molecule has 4 aromatic rings. The largest absolute Gasteiger partial charge is 0.323 e. The van der Waals surface area contributed by atoms with Gasteiger partial charge in [-0.25, -0.2) is 0 Å². The van der Waals surface area contributed by atoms with Crippen LogP contribution in [0.1, 0.15) is 16.7 Å². The third-order valence-electron chi connectivity index (χ3n) is 4.86. The van der Waals surface area contributed by atoms with E-state index in [2.05, 4.69) is 33.5 Å². The molecule has 2 heterocycles. The first kappa shape index (κ1) is 22.2. The van der Waals surface area contributed by atoms with Gasteiger partial charge in [-0.15, -0.1) is 12.4 Å². The van der Waals surface area contributed by atoms with E-state index in [0.717, 1.165) is 27.5 Å².